The maximum atomic E-state index is 12.0. The summed E-state index contributed by atoms with van der Waals surface area (Å²) in [5.74, 6) is -1.36. The molecule has 1 aliphatic rings. The van der Waals surface area contributed by atoms with Gasteiger partial charge in [-0.1, -0.05) is 19.8 Å². The molecule has 1 fully saturated rings. The van der Waals surface area contributed by atoms with E-state index in [4.69, 9.17) is 10.8 Å². The highest BCUT2D eigenvalue weighted by atomic mass is 16.4. The van der Waals surface area contributed by atoms with E-state index in [1.807, 2.05) is 6.92 Å². The Morgan fingerprint density at radius 1 is 1.56 bits per heavy atom. The van der Waals surface area contributed by atoms with Gasteiger partial charge in [0.2, 0.25) is 5.91 Å². The third kappa shape index (κ3) is 3.43. The zero-order valence-electron chi connectivity index (χ0n) is 10.9. The minimum atomic E-state index is -1.97. The summed E-state index contributed by atoms with van der Waals surface area (Å²) < 4.78 is 0. The van der Waals surface area contributed by atoms with E-state index in [9.17, 15) is 14.7 Å². The van der Waals surface area contributed by atoms with Crippen LogP contribution in [0.5, 0.6) is 0 Å². The molecule has 0 saturated heterocycles. The summed E-state index contributed by atoms with van der Waals surface area (Å²) in [5.41, 5.74) is 3.15. The van der Waals surface area contributed by atoms with Crippen molar-refractivity contribution in [1.82, 2.24) is 5.32 Å². The average Bonchev–Trinajstić information content (AvgIpc) is 2.25. The Morgan fingerprint density at radius 2 is 2.17 bits per heavy atom. The number of hydrogen-bond donors (Lipinski definition) is 4. The topological polar surface area (TPSA) is 113 Å². The van der Waals surface area contributed by atoms with Gasteiger partial charge in [0.25, 0.3) is 0 Å². The molecule has 3 unspecified atom stereocenters. The van der Waals surface area contributed by atoms with E-state index in [1.54, 1.807) is 0 Å². The van der Waals surface area contributed by atoms with Crippen LogP contribution >= 0.6 is 0 Å². The molecule has 1 aliphatic carbocycles. The van der Waals surface area contributed by atoms with E-state index in [-0.39, 0.29) is 12.5 Å². The Bertz CT molecular complexity index is 343. The van der Waals surface area contributed by atoms with Gasteiger partial charge < -0.3 is 21.3 Å². The first kappa shape index (κ1) is 14.9. The van der Waals surface area contributed by atoms with Crippen molar-refractivity contribution >= 4 is 11.9 Å². The van der Waals surface area contributed by atoms with Gasteiger partial charge in [-0.15, -0.1) is 0 Å². The summed E-state index contributed by atoms with van der Waals surface area (Å²) in [6, 6.07) is 0. The van der Waals surface area contributed by atoms with Crippen molar-refractivity contribution in [2.45, 2.75) is 50.7 Å². The van der Waals surface area contributed by atoms with Crippen molar-refractivity contribution in [3.8, 4) is 0 Å². The highest BCUT2D eigenvalue weighted by molar-refractivity contribution is 5.87. The molecule has 6 heteroatoms. The summed E-state index contributed by atoms with van der Waals surface area (Å²) in [7, 11) is 0. The van der Waals surface area contributed by atoms with Crippen molar-refractivity contribution < 1.29 is 19.8 Å². The van der Waals surface area contributed by atoms with Crippen LogP contribution in [0.15, 0.2) is 0 Å². The van der Waals surface area contributed by atoms with Crippen LogP contribution in [-0.2, 0) is 9.59 Å². The highest BCUT2D eigenvalue weighted by Gasteiger charge is 2.39. The molecule has 6 nitrogen and oxygen atoms in total. The van der Waals surface area contributed by atoms with E-state index in [2.05, 4.69) is 5.32 Å². The number of carbonyl (C=O) groups is 2. The molecule has 0 bridgehead atoms. The summed E-state index contributed by atoms with van der Waals surface area (Å²) in [5, 5.41) is 20.7. The first-order valence-electron chi connectivity index (χ1n) is 6.20. The summed E-state index contributed by atoms with van der Waals surface area (Å²) in [6.07, 6.45) is 3.13. The van der Waals surface area contributed by atoms with Gasteiger partial charge >= 0.3 is 5.97 Å². The number of aliphatic carboxylic acids is 1. The number of hydrogen-bond acceptors (Lipinski definition) is 4. The number of aliphatic hydroxyl groups is 1. The van der Waals surface area contributed by atoms with Crippen molar-refractivity contribution in [2.24, 2.45) is 11.7 Å². The third-order valence-electron chi connectivity index (χ3n) is 3.54. The Hall–Kier alpha value is -1.14. The molecule has 104 valence electrons. The molecule has 0 aliphatic heterocycles. The van der Waals surface area contributed by atoms with Crippen molar-refractivity contribution in [3.63, 3.8) is 0 Å². The lowest BCUT2D eigenvalue weighted by Crippen LogP contribution is -2.59. The number of rotatable bonds is 4. The summed E-state index contributed by atoms with van der Waals surface area (Å²) >= 11 is 0. The first-order valence-corrected chi connectivity index (χ1v) is 6.20. The fourth-order valence-corrected chi connectivity index (χ4v) is 2.30. The van der Waals surface area contributed by atoms with Gasteiger partial charge in [-0.2, -0.15) is 0 Å². The quantitative estimate of drug-likeness (QED) is 0.560. The normalized spacial score (nSPS) is 31.4. The lowest BCUT2D eigenvalue weighted by Gasteiger charge is -2.35. The van der Waals surface area contributed by atoms with E-state index in [1.165, 1.54) is 0 Å². The molecule has 0 heterocycles. The second kappa shape index (κ2) is 5.24. The van der Waals surface area contributed by atoms with Crippen LogP contribution < -0.4 is 11.1 Å². The van der Waals surface area contributed by atoms with Gasteiger partial charge in [-0.05, 0) is 25.7 Å². The second-order valence-corrected chi connectivity index (χ2v) is 5.62. The monoisotopic (exact) mass is 258 g/mol. The van der Waals surface area contributed by atoms with E-state index in [0.29, 0.717) is 18.8 Å². The fourth-order valence-electron chi connectivity index (χ4n) is 2.30. The number of nitrogens with one attached hydrogen (secondary N) is 1. The van der Waals surface area contributed by atoms with E-state index >= 15 is 0 Å². The number of nitrogens with two attached hydrogens (primary N) is 1. The molecule has 0 spiro atoms. The maximum Gasteiger partial charge on any atom is 0.337 e. The zero-order valence-corrected chi connectivity index (χ0v) is 10.9. The molecular weight excluding hydrogens is 236 g/mol. The molecule has 0 aromatic heterocycles. The second-order valence-electron chi connectivity index (χ2n) is 5.62. The van der Waals surface area contributed by atoms with Crippen LogP contribution in [0.2, 0.25) is 0 Å². The maximum absolute atomic E-state index is 12.0. The predicted octanol–water partition coefficient (Wildman–Crippen LogP) is -0.154. The number of carboxylic acid groups (broad SMARTS) is 1. The number of carboxylic acids is 1. The van der Waals surface area contributed by atoms with Gasteiger partial charge in [0.1, 0.15) is 0 Å². The van der Waals surface area contributed by atoms with Crippen molar-refractivity contribution in [2.75, 3.05) is 6.54 Å². The van der Waals surface area contributed by atoms with Crippen LogP contribution in [-0.4, -0.2) is 39.8 Å². The largest absolute Gasteiger partial charge is 0.479 e. The van der Waals surface area contributed by atoms with Gasteiger partial charge in [0.05, 0.1) is 12.1 Å². The Kier molecular flexibility index (Phi) is 4.34. The van der Waals surface area contributed by atoms with Crippen LogP contribution in [0.3, 0.4) is 0 Å². The van der Waals surface area contributed by atoms with Crippen LogP contribution in [0.1, 0.15) is 39.5 Å². The van der Waals surface area contributed by atoms with Crippen LogP contribution in [0.25, 0.3) is 0 Å². The molecule has 0 aromatic rings. The third-order valence-corrected chi connectivity index (χ3v) is 3.54. The molecule has 3 atom stereocenters. The van der Waals surface area contributed by atoms with E-state index in [0.717, 1.165) is 19.8 Å². The van der Waals surface area contributed by atoms with Gasteiger partial charge in [-0.25, -0.2) is 4.79 Å². The molecule has 0 aromatic carbocycles. The lowest BCUT2D eigenvalue weighted by atomic mass is 9.76. The van der Waals surface area contributed by atoms with E-state index < -0.39 is 17.1 Å². The van der Waals surface area contributed by atoms with Gasteiger partial charge in [0.15, 0.2) is 5.60 Å². The minimum absolute atomic E-state index is 0.339. The average molecular weight is 258 g/mol. The highest BCUT2D eigenvalue weighted by Crippen LogP contribution is 2.30. The molecule has 0 radical (unpaired) electrons. The lowest BCUT2D eigenvalue weighted by molar-refractivity contribution is -0.156. The fraction of sp³-hybridized carbons (Fsp3) is 0.833. The molecule has 1 saturated carbocycles. The SMILES string of the molecule is CC1CCCC(N)(C(=O)NCC(C)(O)C(=O)O)C1. The van der Waals surface area contributed by atoms with Crippen molar-refractivity contribution in [1.29, 1.82) is 0 Å². The van der Waals surface area contributed by atoms with Gasteiger partial charge in [0, 0.05) is 0 Å². The summed E-state index contributed by atoms with van der Waals surface area (Å²) in [4.78, 5) is 22.7. The smallest absolute Gasteiger partial charge is 0.337 e. The number of carbonyl (C=O) groups excluding carboxylic acids is 1. The molecule has 1 amide bonds. The Labute approximate surface area is 107 Å². The molecule has 18 heavy (non-hydrogen) atoms. The zero-order chi connectivity index (χ0) is 14.0. The molecule has 1 rings (SSSR count). The van der Waals surface area contributed by atoms with Crippen LogP contribution in [0, 0.1) is 5.92 Å². The standard InChI is InChI=1S/C12H22N2O4/c1-8-4-3-5-12(13,6-8)9(15)14-7-11(2,18)10(16)17/h8,18H,3-7,13H2,1-2H3,(H,14,15)(H,16,17). The van der Waals surface area contributed by atoms with Crippen LogP contribution in [0.4, 0.5) is 0 Å². The summed E-state index contributed by atoms with van der Waals surface area (Å²) in [6.45, 7) is 2.85. The molecule has 5 N–H and O–H groups in total. The first-order chi connectivity index (χ1) is 8.17. The Morgan fingerprint density at radius 3 is 2.67 bits per heavy atom. The minimum Gasteiger partial charge on any atom is -0.479 e. The molecular formula is C12H22N2O4. The number of amides is 1. The van der Waals surface area contributed by atoms with Gasteiger partial charge in [-0.3, -0.25) is 4.79 Å². The van der Waals surface area contributed by atoms with Crippen molar-refractivity contribution in [3.05, 3.63) is 0 Å². The predicted molar refractivity (Wildman–Crippen MR) is 65.8 cm³/mol. The Balaban J connectivity index is 2.57.